The Morgan fingerprint density at radius 2 is 1.80 bits per heavy atom. The second-order valence-electron chi connectivity index (χ2n) is 10.3. The second kappa shape index (κ2) is 12.7. The van der Waals surface area contributed by atoms with Crippen LogP contribution in [0, 0.1) is 13.8 Å². The number of hydrogen-bond acceptors (Lipinski definition) is 5. The Labute approximate surface area is 238 Å². The maximum Gasteiger partial charge on any atom is 0.416 e. The smallest absolute Gasteiger partial charge is 0.377 e. The number of pyridine rings is 1. The van der Waals surface area contributed by atoms with Gasteiger partial charge in [0.25, 0.3) is 0 Å². The number of anilines is 3. The number of halogens is 3. The number of ether oxygens (including phenoxy) is 1. The molecule has 3 aromatic rings. The average Bonchev–Trinajstić information content (AvgIpc) is 3.32. The SMILES string of the molecule is Cc1cc(C(F)(F)F)cc(N2C(=O)CC[C@H]2C(=O)N(C)c2cccc(C)c2N(C)CCCOCc2ccccc2)n1. The Hall–Kier alpha value is -3.92. The molecular formula is C31H35F3N4O3. The van der Waals surface area contributed by atoms with Crippen LogP contribution in [0.1, 0.15) is 41.6 Å². The lowest BCUT2D eigenvalue weighted by Crippen LogP contribution is -2.46. The summed E-state index contributed by atoms with van der Waals surface area (Å²) in [5.74, 6) is -0.983. The van der Waals surface area contributed by atoms with E-state index >= 15 is 0 Å². The average molecular weight is 569 g/mol. The fourth-order valence-electron chi connectivity index (χ4n) is 5.18. The normalized spacial score (nSPS) is 15.3. The molecule has 0 N–H and O–H groups in total. The van der Waals surface area contributed by atoms with Gasteiger partial charge in [-0.3, -0.25) is 14.5 Å². The van der Waals surface area contributed by atoms with Gasteiger partial charge in [-0.25, -0.2) is 4.98 Å². The van der Waals surface area contributed by atoms with E-state index in [2.05, 4.69) is 9.88 Å². The molecule has 0 aliphatic carbocycles. The summed E-state index contributed by atoms with van der Waals surface area (Å²) in [5, 5.41) is 0. The summed E-state index contributed by atoms with van der Waals surface area (Å²) in [7, 11) is 3.57. The molecule has 7 nitrogen and oxygen atoms in total. The predicted molar refractivity (Wildman–Crippen MR) is 153 cm³/mol. The third kappa shape index (κ3) is 7.05. The first-order chi connectivity index (χ1) is 19.5. The minimum absolute atomic E-state index is 0.0464. The fraction of sp³-hybridized carbons (Fsp3) is 0.387. The van der Waals surface area contributed by atoms with Crippen molar-refractivity contribution in [1.29, 1.82) is 0 Å². The van der Waals surface area contributed by atoms with Crippen LogP contribution < -0.4 is 14.7 Å². The maximum absolute atomic E-state index is 13.8. The second-order valence-corrected chi connectivity index (χ2v) is 10.3. The summed E-state index contributed by atoms with van der Waals surface area (Å²) in [6.45, 7) is 5.17. The molecule has 2 aromatic carbocycles. The Balaban J connectivity index is 1.49. The summed E-state index contributed by atoms with van der Waals surface area (Å²) in [6, 6.07) is 16.4. The number of carbonyl (C=O) groups is 2. The van der Waals surface area contributed by atoms with Gasteiger partial charge in [0.15, 0.2) is 0 Å². The van der Waals surface area contributed by atoms with Crippen molar-refractivity contribution in [3.8, 4) is 0 Å². The third-order valence-electron chi connectivity index (χ3n) is 7.19. The van der Waals surface area contributed by atoms with Crippen molar-refractivity contribution in [2.75, 3.05) is 41.9 Å². The Bertz CT molecular complexity index is 1380. The van der Waals surface area contributed by atoms with E-state index < -0.39 is 23.7 Å². The maximum atomic E-state index is 13.8. The highest BCUT2D eigenvalue weighted by atomic mass is 19.4. The van der Waals surface area contributed by atoms with E-state index in [0.717, 1.165) is 40.3 Å². The molecule has 0 unspecified atom stereocenters. The van der Waals surface area contributed by atoms with Crippen molar-refractivity contribution in [3.05, 3.63) is 83.0 Å². The number of aromatic nitrogens is 1. The zero-order valence-corrected chi connectivity index (χ0v) is 23.7. The minimum atomic E-state index is -4.60. The monoisotopic (exact) mass is 568 g/mol. The molecular weight excluding hydrogens is 533 g/mol. The zero-order valence-electron chi connectivity index (χ0n) is 23.7. The molecule has 0 saturated carbocycles. The molecule has 0 spiro atoms. The van der Waals surface area contributed by atoms with Crippen LogP contribution in [0.2, 0.25) is 0 Å². The fourth-order valence-corrected chi connectivity index (χ4v) is 5.18. The number of hydrogen-bond donors (Lipinski definition) is 0. The van der Waals surface area contributed by atoms with Crippen LogP contribution in [0.4, 0.5) is 30.4 Å². The van der Waals surface area contributed by atoms with E-state index in [1.165, 1.54) is 11.8 Å². The first-order valence-electron chi connectivity index (χ1n) is 13.6. The number of carbonyl (C=O) groups excluding carboxylic acids is 2. The summed E-state index contributed by atoms with van der Waals surface area (Å²) < 4.78 is 46.3. The molecule has 1 aliphatic heterocycles. The number of alkyl halides is 3. The molecule has 0 bridgehead atoms. The van der Waals surface area contributed by atoms with Crippen LogP contribution in [0.3, 0.4) is 0 Å². The van der Waals surface area contributed by atoms with Gasteiger partial charge in [0.1, 0.15) is 11.9 Å². The molecule has 1 saturated heterocycles. The van der Waals surface area contributed by atoms with Gasteiger partial charge in [-0.2, -0.15) is 13.2 Å². The molecule has 0 radical (unpaired) electrons. The van der Waals surface area contributed by atoms with Gasteiger partial charge in [0.05, 0.1) is 23.5 Å². The molecule has 218 valence electrons. The van der Waals surface area contributed by atoms with E-state index in [4.69, 9.17) is 4.74 Å². The minimum Gasteiger partial charge on any atom is -0.377 e. The van der Waals surface area contributed by atoms with Gasteiger partial charge in [0, 0.05) is 39.4 Å². The number of para-hydroxylation sites is 1. The van der Waals surface area contributed by atoms with Crippen LogP contribution in [-0.2, 0) is 27.1 Å². The van der Waals surface area contributed by atoms with Gasteiger partial charge in [-0.15, -0.1) is 0 Å². The highest BCUT2D eigenvalue weighted by Crippen LogP contribution is 2.36. The van der Waals surface area contributed by atoms with Crippen LogP contribution >= 0.6 is 0 Å². The lowest BCUT2D eigenvalue weighted by molar-refractivity contribution is -0.137. The van der Waals surface area contributed by atoms with Crippen molar-refractivity contribution in [1.82, 2.24) is 4.98 Å². The number of amides is 2. The number of aryl methyl sites for hydroxylation is 2. The molecule has 4 rings (SSSR count). The molecule has 1 aliphatic rings. The van der Waals surface area contributed by atoms with Crippen LogP contribution in [0.5, 0.6) is 0 Å². The zero-order chi connectivity index (χ0) is 29.7. The third-order valence-corrected chi connectivity index (χ3v) is 7.19. The number of likely N-dealkylation sites (N-methyl/N-ethyl adjacent to an activating group) is 1. The van der Waals surface area contributed by atoms with Crippen molar-refractivity contribution in [3.63, 3.8) is 0 Å². The van der Waals surface area contributed by atoms with E-state index in [1.807, 2.05) is 62.5 Å². The Morgan fingerprint density at radius 1 is 1.07 bits per heavy atom. The molecule has 41 heavy (non-hydrogen) atoms. The number of nitrogens with zero attached hydrogens (tertiary/aromatic N) is 4. The van der Waals surface area contributed by atoms with Crippen molar-refractivity contribution in [2.45, 2.75) is 51.9 Å². The van der Waals surface area contributed by atoms with Crippen molar-refractivity contribution in [2.24, 2.45) is 0 Å². The van der Waals surface area contributed by atoms with E-state index in [0.29, 0.717) is 25.4 Å². The number of benzene rings is 2. The van der Waals surface area contributed by atoms with Gasteiger partial charge in [-0.1, -0.05) is 42.5 Å². The topological polar surface area (TPSA) is 66.0 Å². The van der Waals surface area contributed by atoms with E-state index in [9.17, 15) is 22.8 Å². The summed E-state index contributed by atoms with van der Waals surface area (Å²) in [6.07, 6.45) is -3.60. The van der Waals surface area contributed by atoms with Crippen LogP contribution in [0.15, 0.2) is 60.7 Å². The van der Waals surface area contributed by atoms with Crippen LogP contribution in [0.25, 0.3) is 0 Å². The van der Waals surface area contributed by atoms with Crippen LogP contribution in [-0.4, -0.2) is 50.1 Å². The highest BCUT2D eigenvalue weighted by molar-refractivity contribution is 6.09. The summed E-state index contributed by atoms with van der Waals surface area (Å²) >= 11 is 0. The lowest BCUT2D eigenvalue weighted by Gasteiger charge is -2.32. The van der Waals surface area contributed by atoms with Crippen molar-refractivity contribution < 1.29 is 27.5 Å². The molecule has 2 amide bonds. The molecule has 1 atom stereocenters. The highest BCUT2D eigenvalue weighted by Gasteiger charge is 2.41. The quantitative estimate of drug-likeness (QED) is 0.284. The van der Waals surface area contributed by atoms with Gasteiger partial charge < -0.3 is 14.5 Å². The molecule has 10 heteroatoms. The standard InChI is InChI=1S/C31H35F3N4O3/c1-21-10-8-13-25(29(21)36(3)16-9-17-41-20-23-11-6-5-7-12-23)37(4)30(40)26-14-15-28(39)38(26)27-19-24(31(32,33)34)18-22(2)35-27/h5-8,10-13,18-19,26H,9,14-17,20H2,1-4H3/t26-/m0/s1. The van der Waals surface area contributed by atoms with Gasteiger partial charge in [-0.05, 0) is 56.0 Å². The summed E-state index contributed by atoms with van der Waals surface area (Å²) in [4.78, 5) is 35.5. The number of rotatable bonds is 10. The first kappa shape index (κ1) is 30.0. The van der Waals surface area contributed by atoms with Gasteiger partial charge in [0.2, 0.25) is 11.8 Å². The molecule has 1 aromatic heterocycles. The molecule has 2 heterocycles. The Kier molecular flexibility index (Phi) is 9.32. The van der Waals surface area contributed by atoms with E-state index in [1.54, 1.807) is 7.05 Å². The van der Waals surface area contributed by atoms with Gasteiger partial charge >= 0.3 is 6.18 Å². The first-order valence-corrected chi connectivity index (χ1v) is 13.6. The molecule has 1 fully saturated rings. The Morgan fingerprint density at radius 3 is 2.51 bits per heavy atom. The van der Waals surface area contributed by atoms with E-state index in [-0.39, 0.29) is 30.3 Å². The predicted octanol–water partition coefficient (Wildman–Crippen LogP) is 5.92. The van der Waals surface area contributed by atoms with Crippen molar-refractivity contribution >= 4 is 29.0 Å². The summed E-state index contributed by atoms with van der Waals surface area (Å²) in [5.41, 5.74) is 2.78. The largest absolute Gasteiger partial charge is 0.416 e. The lowest BCUT2D eigenvalue weighted by atomic mass is 10.1.